The molecule has 1 saturated heterocycles. The fourth-order valence-corrected chi connectivity index (χ4v) is 4.33. The first kappa shape index (κ1) is 20.5. The van der Waals surface area contributed by atoms with Gasteiger partial charge in [0.25, 0.3) is 5.91 Å². The van der Waals surface area contributed by atoms with Gasteiger partial charge < -0.3 is 9.80 Å². The number of anilines is 1. The van der Waals surface area contributed by atoms with Crippen LogP contribution in [0.25, 0.3) is 22.2 Å². The van der Waals surface area contributed by atoms with Crippen molar-refractivity contribution in [3.05, 3.63) is 95.3 Å². The van der Waals surface area contributed by atoms with Gasteiger partial charge in [-0.05, 0) is 48.5 Å². The van der Waals surface area contributed by atoms with Crippen LogP contribution in [-0.2, 0) is 0 Å². The normalized spacial score (nSPS) is 14.1. The number of hydrogen-bond donors (Lipinski definition) is 0. The monoisotopic (exact) mass is 445 g/mol. The molecule has 1 amide bonds. The van der Waals surface area contributed by atoms with Crippen molar-refractivity contribution in [2.45, 2.75) is 0 Å². The largest absolute Gasteiger partial charge is 0.368 e. The smallest absolute Gasteiger partial charge is 0.254 e. The van der Waals surface area contributed by atoms with Crippen molar-refractivity contribution < 1.29 is 9.18 Å². The Labute approximate surface area is 190 Å². The lowest BCUT2D eigenvalue weighted by atomic mass is 10.0. The Hall–Kier alpha value is -3.44. The number of aromatic nitrogens is 1. The minimum atomic E-state index is -0.248. The average molecular weight is 446 g/mol. The van der Waals surface area contributed by atoms with E-state index >= 15 is 0 Å². The summed E-state index contributed by atoms with van der Waals surface area (Å²) in [6.07, 6.45) is 0. The molecule has 32 heavy (non-hydrogen) atoms. The molecular formula is C26H21ClFN3O. The van der Waals surface area contributed by atoms with Gasteiger partial charge in [0.15, 0.2) is 0 Å². The number of carbonyl (C=O) groups is 1. The fraction of sp³-hybridized carbons (Fsp3) is 0.154. The number of para-hydroxylation sites is 1. The predicted octanol–water partition coefficient (Wildman–Crippen LogP) is 5.66. The summed E-state index contributed by atoms with van der Waals surface area (Å²) in [5, 5.41) is 1.46. The molecule has 0 unspecified atom stereocenters. The second-order valence-electron chi connectivity index (χ2n) is 7.84. The molecule has 1 fully saturated rings. The Morgan fingerprint density at radius 3 is 2.38 bits per heavy atom. The van der Waals surface area contributed by atoms with Crippen molar-refractivity contribution in [1.29, 1.82) is 0 Å². The molecule has 4 nitrogen and oxygen atoms in total. The molecule has 0 atom stereocenters. The number of nitrogens with zero attached hydrogens (tertiary/aromatic N) is 3. The molecule has 0 aliphatic carbocycles. The highest BCUT2D eigenvalue weighted by Gasteiger charge is 2.24. The number of rotatable bonds is 3. The van der Waals surface area contributed by atoms with Crippen molar-refractivity contribution in [1.82, 2.24) is 9.88 Å². The van der Waals surface area contributed by atoms with Crippen LogP contribution < -0.4 is 4.90 Å². The second-order valence-corrected chi connectivity index (χ2v) is 8.27. The summed E-state index contributed by atoms with van der Waals surface area (Å²) in [6, 6.07) is 23.6. The lowest BCUT2D eigenvalue weighted by Crippen LogP contribution is -2.48. The van der Waals surface area contributed by atoms with Gasteiger partial charge in [0, 0.05) is 47.8 Å². The second kappa shape index (κ2) is 8.60. The number of carbonyl (C=O) groups excluding carboxylic acids is 1. The number of amides is 1. The van der Waals surface area contributed by atoms with E-state index in [0.29, 0.717) is 36.8 Å². The summed E-state index contributed by atoms with van der Waals surface area (Å²) in [5.41, 5.74) is 3.98. The Morgan fingerprint density at radius 2 is 1.62 bits per heavy atom. The van der Waals surface area contributed by atoms with E-state index in [9.17, 15) is 9.18 Å². The summed E-state index contributed by atoms with van der Waals surface area (Å²) < 4.78 is 13.2. The molecule has 0 N–H and O–H groups in total. The van der Waals surface area contributed by atoms with Crippen molar-refractivity contribution in [2.75, 3.05) is 31.1 Å². The minimum absolute atomic E-state index is 0.00867. The quantitative estimate of drug-likeness (QED) is 0.408. The SMILES string of the molecule is O=C(c1cc(-c2cccc(Cl)c2)nc2ccccc12)N1CCN(c2ccc(F)cc2)CC1. The predicted molar refractivity (Wildman–Crippen MR) is 127 cm³/mol. The maximum atomic E-state index is 13.6. The van der Waals surface area contributed by atoms with Crippen LogP contribution in [0, 0.1) is 5.82 Å². The van der Waals surface area contributed by atoms with Gasteiger partial charge in [-0.15, -0.1) is 0 Å². The van der Waals surface area contributed by atoms with Gasteiger partial charge in [0.05, 0.1) is 16.8 Å². The molecule has 0 bridgehead atoms. The molecule has 1 aliphatic heterocycles. The summed E-state index contributed by atoms with van der Waals surface area (Å²) in [7, 11) is 0. The topological polar surface area (TPSA) is 36.4 Å². The van der Waals surface area contributed by atoms with Crippen molar-refractivity contribution >= 4 is 34.1 Å². The van der Waals surface area contributed by atoms with Crippen molar-refractivity contribution in [3.63, 3.8) is 0 Å². The third kappa shape index (κ3) is 4.04. The maximum Gasteiger partial charge on any atom is 0.254 e. The standard InChI is InChI=1S/C26H21ClFN3O/c27-19-5-3-4-18(16-19)25-17-23(22-6-1-2-7-24(22)29-25)26(32)31-14-12-30(13-15-31)21-10-8-20(28)9-11-21/h1-11,16-17H,12-15H2. The van der Waals surface area contributed by atoms with Gasteiger partial charge in [-0.3, -0.25) is 4.79 Å². The number of halogens is 2. The number of fused-ring (bicyclic) bond motifs is 1. The zero-order valence-electron chi connectivity index (χ0n) is 17.3. The van der Waals surface area contributed by atoms with Crippen LogP contribution in [-0.4, -0.2) is 42.0 Å². The summed E-state index contributed by atoms with van der Waals surface area (Å²) in [5.74, 6) is -0.256. The maximum absolute atomic E-state index is 13.6. The number of hydrogen-bond acceptors (Lipinski definition) is 3. The number of piperazine rings is 1. The third-order valence-electron chi connectivity index (χ3n) is 5.83. The minimum Gasteiger partial charge on any atom is -0.368 e. The van der Waals surface area contributed by atoms with E-state index in [-0.39, 0.29) is 11.7 Å². The number of pyridine rings is 1. The Kier molecular flexibility index (Phi) is 5.50. The number of benzene rings is 3. The van der Waals surface area contributed by atoms with E-state index in [1.54, 1.807) is 12.1 Å². The van der Waals surface area contributed by atoms with Crippen LogP contribution in [0.2, 0.25) is 5.02 Å². The van der Waals surface area contributed by atoms with Crippen LogP contribution in [0.5, 0.6) is 0 Å². The highest BCUT2D eigenvalue weighted by atomic mass is 35.5. The van der Waals surface area contributed by atoms with Crippen molar-refractivity contribution in [3.8, 4) is 11.3 Å². The molecule has 160 valence electrons. The fourth-order valence-electron chi connectivity index (χ4n) is 4.14. The zero-order valence-corrected chi connectivity index (χ0v) is 18.1. The molecule has 2 heterocycles. The zero-order chi connectivity index (χ0) is 22.1. The van der Waals surface area contributed by atoms with Crippen LogP contribution in [0.15, 0.2) is 78.9 Å². The molecule has 5 rings (SSSR count). The lowest BCUT2D eigenvalue weighted by molar-refractivity contribution is 0.0748. The summed E-state index contributed by atoms with van der Waals surface area (Å²) in [6.45, 7) is 2.59. The first-order chi connectivity index (χ1) is 15.6. The van der Waals surface area contributed by atoms with Gasteiger partial charge >= 0.3 is 0 Å². The molecule has 4 aromatic rings. The van der Waals surface area contributed by atoms with E-state index < -0.39 is 0 Å². The van der Waals surface area contributed by atoms with Gasteiger partial charge in [-0.2, -0.15) is 0 Å². The molecule has 6 heteroatoms. The molecule has 3 aromatic carbocycles. The van der Waals surface area contributed by atoms with Crippen LogP contribution >= 0.6 is 11.6 Å². The van der Waals surface area contributed by atoms with Gasteiger partial charge in [0.2, 0.25) is 0 Å². The average Bonchev–Trinajstić information content (AvgIpc) is 2.83. The van der Waals surface area contributed by atoms with E-state index in [1.807, 2.05) is 59.5 Å². The molecule has 1 aromatic heterocycles. The van der Waals surface area contributed by atoms with E-state index in [2.05, 4.69) is 4.90 Å². The van der Waals surface area contributed by atoms with Crippen LogP contribution in [0.1, 0.15) is 10.4 Å². The molecule has 1 aliphatic rings. The lowest BCUT2D eigenvalue weighted by Gasteiger charge is -2.36. The summed E-state index contributed by atoms with van der Waals surface area (Å²) in [4.78, 5) is 22.4. The Balaban J connectivity index is 1.44. The molecule has 0 spiro atoms. The van der Waals surface area contributed by atoms with Gasteiger partial charge in [0.1, 0.15) is 5.82 Å². The van der Waals surface area contributed by atoms with Crippen molar-refractivity contribution in [2.24, 2.45) is 0 Å². The summed E-state index contributed by atoms with van der Waals surface area (Å²) >= 11 is 6.18. The van der Waals surface area contributed by atoms with E-state index in [1.165, 1.54) is 12.1 Å². The Morgan fingerprint density at radius 1 is 0.875 bits per heavy atom. The Bertz CT molecular complexity index is 1280. The van der Waals surface area contributed by atoms with Crippen LogP contribution in [0.3, 0.4) is 0 Å². The molecule has 0 saturated carbocycles. The first-order valence-electron chi connectivity index (χ1n) is 10.5. The molecule has 0 radical (unpaired) electrons. The van der Waals surface area contributed by atoms with E-state index in [0.717, 1.165) is 27.8 Å². The molecular weight excluding hydrogens is 425 g/mol. The van der Waals surface area contributed by atoms with E-state index in [4.69, 9.17) is 16.6 Å². The highest BCUT2D eigenvalue weighted by molar-refractivity contribution is 6.30. The van der Waals surface area contributed by atoms with Gasteiger partial charge in [-0.25, -0.2) is 9.37 Å². The van der Waals surface area contributed by atoms with Crippen LogP contribution in [0.4, 0.5) is 10.1 Å². The first-order valence-corrected chi connectivity index (χ1v) is 10.9. The highest BCUT2D eigenvalue weighted by Crippen LogP contribution is 2.28. The van der Waals surface area contributed by atoms with Gasteiger partial charge in [-0.1, -0.05) is 41.9 Å². The third-order valence-corrected chi connectivity index (χ3v) is 6.06.